The highest BCUT2D eigenvalue weighted by Gasteiger charge is 2.54. The molecule has 0 amide bonds. The van der Waals surface area contributed by atoms with Crippen LogP contribution in [0.2, 0.25) is 0 Å². The number of hydrogen-bond acceptors (Lipinski definition) is 5. The number of nitrogens with zero attached hydrogens (tertiary/aromatic N) is 1. The summed E-state index contributed by atoms with van der Waals surface area (Å²) in [6, 6.07) is 9.05. The standard InChI is InChI=1S/C29H30F3NO5S/c1-2-9-33(24-7-4-6-23(14-24)29(30,31)32)39(36,37)25-8-3-5-22(13-25)27(35)38-18-26(34)28-15-19-10-20(16-28)12-21(11-19)17-28/h2-8,13-14,19-21H,1,9-12,15-18H2. The number of esters is 1. The van der Waals surface area contributed by atoms with E-state index >= 15 is 0 Å². The lowest BCUT2D eigenvalue weighted by Gasteiger charge is -2.55. The summed E-state index contributed by atoms with van der Waals surface area (Å²) in [7, 11) is -4.38. The Morgan fingerprint density at radius 2 is 1.62 bits per heavy atom. The first kappa shape index (κ1) is 27.4. The van der Waals surface area contributed by atoms with Crippen LogP contribution in [0.4, 0.5) is 18.9 Å². The molecule has 2 aromatic carbocycles. The van der Waals surface area contributed by atoms with Crippen molar-refractivity contribution in [2.24, 2.45) is 23.2 Å². The summed E-state index contributed by atoms with van der Waals surface area (Å²) in [6.45, 7) is 2.86. The van der Waals surface area contributed by atoms with Gasteiger partial charge >= 0.3 is 12.1 Å². The molecule has 4 saturated carbocycles. The lowest BCUT2D eigenvalue weighted by atomic mass is 9.48. The van der Waals surface area contributed by atoms with Crippen molar-refractivity contribution >= 4 is 27.5 Å². The zero-order valence-corrected chi connectivity index (χ0v) is 22.1. The van der Waals surface area contributed by atoms with Gasteiger partial charge in [0.1, 0.15) is 0 Å². The number of hydrogen-bond donors (Lipinski definition) is 0. The molecule has 4 aliphatic carbocycles. The van der Waals surface area contributed by atoms with Crippen molar-refractivity contribution in [3.8, 4) is 0 Å². The van der Waals surface area contributed by atoms with Gasteiger partial charge in [-0.15, -0.1) is 6.58 Å². The third-order valence-electron chi connectivity index (χ3n) is 8.38. The number of carbonyl (C=O) groups is 2. The molecule has 4 fully saturated rings. The molecule has 0 aromatic heterocycles. The molecular formula is C29H30F3NO5S. The van der Waals surface area contributed by atoms with E-state index in [2.05, 4.69) is 6.58 Å². The van der Waals surface area contributed by atoms with Crippen molar-refractivity contribution in [3.05, 3.63) is 72.3 Å². The highest BCUT2D eigenvalue weighted by Crippen LogP contribution is 2.60. The maximum atomic E-state index is 13.5. The summed E-state index contributed by atoms with van der Waals surface area (Å²) < 4.78 is 72.9. The smallest absolute Gasteiger partial charge is 0.416 e. The summed E-state index contributed by atoms with van der Waals surface area (Å²) in [5.41, 5.74) is -1.68. The van der Waals surface area contributed by atoms with Crippen LogP contribution in [0.15, 0.2) is 66.1 Å². The second-order valence-electron chi connectivity index (χ2n) is 11.1. The molecule has 0 N–H and O–H groups in total. The fourth-order valence-electron chi connectivity index (χ4n) is 7.03. The topological polar surface area (TPSA) is 80.8 Å². The van der Waals surface area contributed by atoms with E-state index < -0.39 is 33.1 Å². The number of ketones is 1. The zero-order valence-electron chi connectivity index (χ0n) is 21.3. The molecule has 10 heteroatoms. The second kappa shape index (κ2) is 10.1. The molecule has 2 aromatic rings. The molecule has 0 aliphatic heterocycles. The molecule has 0 heterocycles. The Morgan fingerprint density at radius 1 is 1.00 bits per heavy atom. The van der Waals surface area contributed by atoms with E-state index in [9.17, 15) is 31.2 Å². The lowest BCUT2D eigenvalue weighted by Crippen LogP contribution is -2.51. The highest BCUT2D eigenvalue weighted by atomic mass is 32.2. The van der Waals surface area contributed by atoms with Crippen molar-refractivity contribution in [1.82, 2.24) is 0 Å². The Morgan fingerprint density at radius 3 is 2.21 bits per heavy atom. The first-order chi connectivity index (χ1) is 18.4. The van der Waals surface area contributed by atoms with Crippen molar-refractivity contribution in [3.63, 3.8) is 0 Å². The monoisotopic (exact) mass is 561 g/mol. The van der Waals surface area contributed by atoms with Crippen LogP contribution in [0.25, 0.3) is 0 Å². The predicted octanol–water partition coefficient (Wildman–Crippen LogP) is 6.03. The summed E-state index contributed by atoms with van der Waals surface area (Å²) >= 11 is 0. The van der Waals surface area contributed by atoms with Crippen LogP contribution in [0, 0.1) is 23.2 Å². The third kappa shape index (κ3) is 5.35. The number of ether oxygens (including phenoxy) is 1. The van der Waals surface area contributed by atoms with E-state index in [0.717, 1.165) is 47.8 Å². The summed E-state index contributed by atoms with van der Waals surface area (Å²) in [4.78, 5) is 25.8. The summed E-state index contributed by atoms with van der Waals surface area (Å²) in [6.07, 6.45) is 2.67. The van der Waals surface area contributed by atoms with E-state index in [4.69, 9.17) is 4.74 Å². The summed E-state index contributed by atoms with van der Waals surface area (Å²) in [5, 5.41) is 0. The van der Waals surface area contributed by atoms with Crippen LogP contribution >= 0.6 is 0 Å². The fourth-order valence-corrected chi connectivity index (χ4v) is 8.50. The van der Waals surface area contributed by atoms with Gasteiger partial charge in [-0.2, -0.15) is 13.2 Å². The lowest BCUT2D eigenvalue weighted by molar-refractivity contribution is -0.147. The zero-order chi connectivity index (χ0) is 28.0. The number of sulfonamides is 1. The minimum absolute atomic E-state index is 0.0690. The van der Waals surface area contributed by atoms with Gasteiger partial charge in [0, 0.05) is 5.41 Å². The van der Waals surface area contributed by atoms with E-state index in [-0.39, 0.29) is 35.1 Å². The quantitative estimate of drug-likeness (QED) is 0.276. The van der Waals surface area contributed by atoms with Gasteiger partial charge in [-0.05, 0) is 92.7 Å². The second-order valence-corrected chi connectivity index (χ2v) is 13.0. The SMILES string of the molecule is C=CCN(c1cccc(C(F)(F)F)c1)S(=O)(=O)c1cccc(C(=O)OCC(=O)C23CC4CC(CC(C4)C2)C3)c1. The number of halogens is 3. The van der Waals surface area contributed by atoms with Gasteiger partial charge in [0.25, 0.3) is 10.0 Å². The molecule has 0 unspecified atom stereocenters. The molecule has 6 rings (SSSR count). The average molecular weight is 562 g/mol. The molecule has 4 aliphatic rings. The molecule has 0 spiro atoms. The molecule has 0 atom stereocenters. The van der Waals surface area contributed by atoms with Gasteiger partial charge in [-0.1, -0.05) is 18.2 Å². The van der Waals surface area contributed by atoms with Crippen LogP contribution in [0.5, 0.6) is 0 Å². The molecule has 4 bridgehead atoms. The minimum atomic E-state index is -4.66. The number of benzene rings is 2. The fraction of sp³-hybridized carbons (Fsp3) is 0.448. The third-order valence-corrected chi connectivity index (χ3v) is 10.2. The number of rotatable bonds is 9. The van der Waals surface area contributed by atoms with E-state index in [1.807, 2.05) is 0 Å². The normalized spacial score (nSPS) is 25.8. The minimum Gasteiger partial charge on any atom is -0.454 e. The van der Waals surface area contributed by atoms with Gasteiger partial charge in [0.2, 0.25) is 0 Å². The maximum Gasteiger partial charge on any atom is 0.416 e. The van der Waals surface area contributed by atoms with Gasteiger partial charge in [0.15, 0.2) is 12.4 Å². The number of carbonyl (C=O) groups excluding carboxylic acids is 2. The number of alkyl halides is 3. The molecule has 6 nitrogen and oxygen atoms in total. The number of anilines is 1. The van der Waals surface area contributed by atoms with E-state index in [1.165, 1.54) is 49.6 Å². The maximum absolute atomic E-state index is 13.5. The first-order valence-electron chi connectivity index (χ1n) is 13.0. The Hall–Kier alpha value is -3.14. The molecular weight excluding hydrogens is 531 g/mol. The van der Waals surface area contributed by atoms with Crippen LogP contribution in [-0.4, -0.2) is 33.3 Å². The van der Waals surface area contributed by atoms with Crippen LogP contribution in [-0.2, 0) is 25.7 Å². The Kier molecular flexibility index (Phi) is 7.11. The Bertz CT molecular complexity index is 1370. The summed E-state index contributed by atoms with van der Waals surface area (Å²) in [5.74, 6) is 0.786. The van der Waals surface area contributed by atoms with Crippen LogP contribution in [0.3, 0.4) is 0 Å². The van der Waals surface area contributed by atoms with Gasteiger partial charge in [-0.25, -0.2) is 13.2 Å². The van der Waals surface area contributed by atoms with Crippen LogP contribution < -0.4 is 4.31 Å². The van der Waals surface area contributed by atoms with Crippen molar-refractivity contribution in [2.75, 3.05) is 17.5 Å². The predicted molar refractivity (Wildman–Crippen MR) is 139 cm³/mol. The molecule has 0 saturated heterocycles. The average Bonchev–Trinajstić information content (AvgIpc) is 2.89. The first-order valence-corrected chi connectivity index (χ1v) is 14.5. The molecule has 0 radical (unpaired) electrons. The Labute approximate surface area is 225 Å². The molecule has 39 heavy (non-hydrogen) atoms. The van der Waals surface area contributed by atoms with E-state index in [0.29, 0.717) is 17.8 Å². The van der Waals surface area contributed by atoms with Crippen molar-refractivity contribution in [2.45, 2.75) is 49.6 Å². The van der Waals surface area contributed by atoms with Crippen molar-refractivity contribution < 1.29 is 35.9 Å². The van der Waals surface area contributed by atoms with Gasteiger partial charge in [-0.3, -0.25) is 9.10 Å². The van der Waals surface area contributed by atoms with E-state index in [1.54, 1.807) is 0 Å². The highest BCUT2D eigenvalue weighted by molar-refractivity contribution is 7.92. The van der Waals surface area contributed by atoms with Crippen LogP contribution in [0.1, 0.15) is 54.4 Å². The van der Waals surface area contributed by atoms with Gasteiger partial charge in [0.05, 0.1) is 28.3 Å². The molecule has 208 valence electrons. The van der Waals surface area contributed by atoms with Crippen molar-refractivity contribution in [1.29, 1.82) is 0 Å². The van der Waals surface area contributed by atoms with Gasteiger partial charge < -0.3 is 4.74 Å². The number of Topliss-reactive ketones (excluding diaryl/α,β-unsaturated/α-hetero) is 1. The largest absolute Gasteiger partial charge is 0.454 e. The Balaban J connectivity index is 1.32.